The van der Waals surface area contributed by atoms with E-state index in [0.717, 1.165) is 12.0 Å². The van der Waals surface area contributed by atoms with Gasteiger partial charge in [0, 0.05) is 38.9 Å². The summed E-state index contributed by atoms with van der Waals surface area (Å²) >= 11 is 0. The fourth-order valence-electron chi connectivity index (χ4n) is 5.08. The molecule has 10 nitrogen and oxygen atoms in total. The smallest absolute Gasteiger partial charge is 0.379 e. The summed E-state index contributed by atoms with van der Waals surface area (Å²) in [6.45, 7) is 6.76. The van der Waals surface area contributed by atoms with Gasteiger partial charge in [-0.1, -0.05) is 13.8 Å². The minimum Gasteiger partial charge on any atom is -0.379 e. The van der Waals surface area contributed by atoms with Gasteiger partial charge in [0.15, 0.2) is 0 Å². The number of ether oxygens (including phenoxy) is 1. The average Bonchev–Trinajstić information content (AvgIpc) is 3.19. The third-order valence-electron chi connectivity index (χ3n) is 6.86. The predicted molar refractivity (Wildman–Crippen MR) is 133 cm³/mol. The number of alkyl halides is 3. The molecule has 2 fully saturated rings. The molecule has 0 bridgehead atoms. The molecule has 13 heteroatoms. The summed E-state index contributed by atoms with van der Waals surface area (Å²) in [6, 6.07) is 5.14. The largest absolute Gasteiger partial charge is 0.423 e. The molecule has 4 rings (SSSR count). The lowest BCUT2D eigenvalue weighted by Crippen LogP contribution is -2.49. The standard InChI is InChI=1S/C25H30F3N7O3/c1-24(2)11-18(35(16-24)19-14-31-32-23(37)22(19)25(26,27)28)15-38-10-5-21(36)34-8-6-33(7-9-34)20-4-3-17(12-29)13-30-20/h3-4,13-14,18H,5-11,15-16H2,1-2H3,(H,32,37). The van der Waals surface area contributed by atoms with Crippen molar-refractivity contribution in [3.05, 3.63) is 46.0 Å². The Bertz CT molecular complexity index is 1230. The molecular weight excluding hydrogens is 503 g/mol. The van der Waals surface area contributed by atoms with Gasteiger partial charge in [0.1, 0.15) is 17.5 Å². The quantitative estimate of drug-likeness (QED) is 0.539. The monoisotopic (exact) mass is 533 g/mol. The summed E-state index contributed by atoms with van der Waals surface area (Å²) in [5, 5.41) is 14.4. The Kier molecular flexibility index (Phi) is 7.91. The second-order valence-electron chi connectivity index (χ2n) is 10.3. The van der Waals surface area contributed by atoms with Gasteiger partial charge in [-0.3, -0.25) is 9.59 Å². The van der Waals surface area contributed by atoms with Crippen molar-refractivity contribution < 1.29 is 22.7 Å². The van der Waals surface area contributed by atoms with Crippen molar-refractivity contribution >= 4 is 17.4 Å². The molecule has 0 aromatic carbocycles. The lowest BCUT2D eigenvalue weighted by molar-refractivity contribution is -0.138. The van der Waals surface area contributed by atoms with Crippen LogP contribution in [0.5, 0.6) is 0 Å². The third kappa shape index (κ3) is 6.24. The fourth-order valence-corrected chi connectivity index (χ4v) is 5.08. The van der Waals surface area contributed by atoms with Gasteiger partial charge < -0.3 is 19.4 Å². The zero-order valence-corrected chi connectivity index (χ0v) is 21.3. The predicted octanol–water partition coefficient (Wildman–Crippen LogP) is 2.42. The number of carbonyl (C=O) groups excluding carboxylic acids is 1. The molecule has 2 saturated heterocycles. The van der Waals surface area contributed by atoms with Crippen LogP contribution in [0.2, 0.25) is 0 Å². The number of halogens is 3. The number of carbonyl (C=O) groups is 1. The summed E-state index contributed by atoms with van der Waals surface area (Å²) < 4.78 is 46.7. The molecule has 0 radical (unpaired) electrons. The Morgan fingerprint density at radius 1 is 1.24 bits per heavy atom. The Hall–Kier alpha value is -3.66. The molecule has 2 aliphatic heterocycles. The Balaban J connectivity index is 1.29. The van der Waals surface area contributed by atoms with Crippen molar-refractivity contribution in [2.75, 3.05) is 55.7 Å². The lowest BCUT2D eigenvalue weighted by atomic mass is 9.91. The number of rotatable bonds is 7. The lowest BCUT2D eigenvalue weighted by Gasteiger charge is -2.35. The molecular formula is C25H30F3N7O3. The first-order chi connectivity index (χ1) is 18.0. The molecule has 2 aromatic rings. The van der Waals surface area contributed by atoms with E-state index in [0.29, 0.717) is 44.7 Å². The third-order valence-corrected chi connectivity index (χ3v) is 6.86. The van der Waals surface area contributed by atoms with Gasteiger partial charge in [0.05, 0.1) is 43.1 Å². The van der Waals surface area contributed by atoms with Gasteiger partial charge in [0.25, 0.3) is 5.56 Å². The van der Waals surface area contributed by atoms with E-state index in [9.17, 15) is 22.8 Å². The van der Waals surface area contributed by atoms with Gasteiger partial charge in [-0.05, 0) is 24.0 Å². The van der Waals surface area contributed by atoms with Crippen molar-refractivity contribution in [1.82, 2.24) is 20.1 Å². The first kappa shape index (κ1) is 27.4. The molecule has 0 saturated carbocycles. The number of anilines is 2. The van der Waals surface area contributed by atoms with E-state index < -0.39 is 23.3 Å². The van der Waals surface area contributed by atoms with Crippen molar-refractivity contribution in [3.8, 4) is 6.07 Å². The topological polar surface area (TPSA) is 118 Å². The maximum atomic E-state index is 13.6. The number of amides is 1. The van der Waals surface area contributed by atoms with Crippen LogP contribution in [-0.2, 0) is 15.7 Å². The number of nitrogens with zero attached hydrogens (tertiary/aromatic N) is 6. The Morgan fingerprint density at radius 2 is 1.97 bits per heavy atom. The molecule has 38 heavy (non-hydrogen) atoms. The van der Waals surface area contributed by atoms with E-state index >= 15 is 0 Å². The number of hydrogen-bond acceptors (Lipinski definition) is 8. The maximum absolute atomic E-state index is 13.6. The van der Waals surface area contributed by atoms with Gasteiger partial charge >= 0.3 is 6.18 Å². The second-order valence-corrected chi connectivity index (χ2v) is 10.3. The highest BCUT2D eigenvalue weighted by molar-refractivity contribution is 5.76. The number of aromatic amines is 1. The zero-order chi connectivity index (χ0) is 27.5. The van der Waals surface area contributed by atoms with Crippen LogP contribution in [0.25, 0.3) is 0 Å². The van der Waals surface area contributed by atoms with Crippen molar-refractivity contribution in [3.63, 3.8) is 0 Å². The van der Waals surface area contributed by atoms with Crippen LogP contribution in [-0.4, -0.2) is 78.0 Å². The van der Waals surface area contributed by atoms with Crippen LogP contribution < -0.4 is 15.4 Å². The second kappa shape index (κ2) is 11.0. The summed E-state index contributed by atoms with van der Waals surface area (Å²) in [7, 11) is 0. The minimum atomic E-state index is -4.82. The fraction of sp³-hybridized carbons (Fsp3) is 0.560. The minimum absolute atomic E-state index is 0.0563. The number of piperazine rings is 1. The van der Waals surface area contributed by atoms with Crippen molar-refractivity contribution in [2.24, 2.45) is 5.41 Å². The Morgan fingerprint density at radius 3 is 2.61 bits per heavy atom. The molecule has 0 spiro atoms. The first-order valence-corrected chi connectivity index (χ1v) is 12.4. The molecule has 204 valence electrons. The number of aromatic nitrogens is 3. The number of H-pyrrole nitrogens is 1. The SMILES string of the molecule is CC1(C)CC(COCCC(=O)N2CCN(c3ccc(C#N)cn3)CC2)N(c2cn[nH]c(=O)c2C(F)(F)F)C1. The van der Waals surface area contributed by atoms with E-state index in [4.69, 9.17) is 10.00 Å². The summed E-state index contributed by atoms with van der Waals surface area (Å²) in [4.78, 5) is 34.3. The molecule has 1 N–H and O–H groups in total. The number of pyridine rings is 1. The Labute approximate surface area is 218 Å². The molecule has 1 unspecified atom stereocenters. The molecule has 2 aliphatic rings. The van der Waals surface area contributed by atoms with Crippen LogP contribution in [0.3, 0.4) is 0 Å². The normalized spacial score (nSPS) is 19.5. The number of nitrogens with one attached hydrogen (secondary N) is 1. The summed E-state index contributed by atoms with van der Waals surface area (Å²) in [5.74, 6) is 0.701. The van der Waals surface area contributed by atoms with Crippen molar-refractivity contribution in [1.29, 1.82) is 5.26 Å². The van der Waals surface area contributed by atoms with Crippen molar-refractivity contribution in [2.45, 2.75) is 38.9 Å². The number of nitriles is 1. The van der Waals surface area contributed by atoms with Gasteiger partial charge in [0.2, 0.25) is 5.91 Å². The van der Waals surface area contributed by atoms with E-state index in [2.05, 4.69) is 15.0 Å². The molecule has 1 atom stereocenters. The van der Waals surface area contributed by atoms with E-state index in [1.165, 1.54) is 6.20 Å². The van der Waals surface area contributed by atoms with Crippen LogP contribution in [0.4, 0.5) is 24.7 Å². The molecule has 1 amide bonds. The van der Waals surface area contributed by atoms with Crippen LogP contribution >= 0.6 is 0 Å². The number of hydrogen-bond donors (Lipinski definition) is 1. The van der Waals surface area contributed by atoms with E-state index in [1.54, 1.807) is 21.9 Å². The molecule has 4 heterocycles. The molecule has 0 aliphatic carbocycles. The van der Waals surface area contributed by atoms with Crippen LogP contribution in [0.15, 0.2) is 29.3 Å². The van der Waals surface area contributed by atoms with E-state index in [-0.39, 0.29) is 36.6 Å². The van der Waals surface area contributed by atoms with Crippen LogP contribution in [0, 0.1) is 16.7 Å². The highest BCUT2D eigenvalue weighted by Crippen LogP contribution is 2.41. The zero-order valence-electron chi connectivity index (χ0n) is 21.3. The molecule has 2 aromatic heterocycles. The average molecular weight is 534 g/mol. The van der Waals surface area contributed by atoms with Crippen LogP contribution in [0.1, 0.15) is 37.8 Å². The van der Waals surface area contributed by atoms with Gasteiger partial charge in [-0.15, -0.1) is 0 Å². The van der Waals surface area contributed by atoms with Gasteiger partial charge in [-0.25, -0.2) is 10.1 Å². The first-order valence-electron chi connectivity index (χ1n) is 12.4. The highest BCUT2D eigenvalue weighted by atomic mass is 19.4. The van der Waals surface area contributed by atoms with E-state index in [1.807, 2.05) is 25.0 Å². The highest BCUT2D eigenvalue weighted by Gasteiger charge is 2.44. The maximum Gasteiger partial charge on any atom is 0.423 e. The summed E-state index contributed by atoms with van der Waals surface area (Å²) in [6.07, 6.45) is -1.54. The van der Waals surface area contributed by atoms with Gasteiger partial charge in [-0.2, -0.15) is 23.5 Å². The summed E-state index contributed by atoms with van der Waals surface area (Å²) in [5.41, 5.74) is -2.60.